The van der Waals surface area contributed by atoms with E-state index in [1.807, 2.05) is 0 Å². The van der Waals surface area contributed by atoms with Gasteiger partial charge in [-0.05, 0) is 0 Å². The molecule has 100 valence electrons. The summed E-state index contributed by atoms with van der Waals surface area (Å²) in [6, 6.07) is 0. The molecule has 17 heteroatoms. The maximum absolute atomic E-state index is 3.48. The van der Waals surface area contributed by atoms with Crippen LogP contribution in [0.3, 0.4) is 0 Å². The van der Waals surface area contributed by atoms with Crippen LogP contribution in [0.4, 0.5) is 11.9 Å². The van der Waals surface area contributed by atoms with E-state index < -0.39 is 0 Å². The first-order valence-corrected chi connectivity index (χ1v) is 2.74. The van der Waals surface area contributed by atoms with Gasteiger partial charge in [0, 0.05) is 0 Å². The third-order valence-electron chi connectivity index (χ3n) is 0.846. The Morgan fingerprint density at radius 2 is 0.947 bits per heavy atom. The van der Waals surface area contributed by atoms with Gasteiger partial charge in [-0.2, -0.15) is 10.4 Å². The second-order valence-electron chi connectivity index (χ2n) is 1.56. The maximum atomic E-state index is 3.48. The average Bonchev–Trinajstić information content (AvgIpc) is 2.74. The summed E-state index contributed by atoms with van der Waals surface area (Å²) in [5.41, 5.74) is 0. The smallest absolute Gasteiger partial charge is 0.412 e. The van der Waals surface area contributed by atoms with Crippen LogP contribution in [0.25, 0.3) is 0 Å². The van der Waals surface area contributed by atoms with E-state index in [9.17, 15) is 0 Å². The molecule has 0 aliphatic heterocycles. The number of aromatic nitrogens is 8. The van der Waals surface area contributed by atoms with Gasteiger partial charge in [0.25, 0.3) is 0 Å². The van der Waals surface area contributed by atoms with Gasteiger partial charge in [0.2, 0.25) is 0 Å². The van der Waals surface area contributed by atoms with E-state index in [2.05, 4.69) is 51.5 Å². The van der Waals surface area contributed by atoms with Gasteiger partial charge < -0.3 is 27.4 Å². The van der Waals surface area contributed by atoms with Crippen LogP contribution in [0.15, 0.2) is 10.2 Å². The summed E-state index contributed by atoms with van der Waals surface area (Å²) in [6.07, 6.45) is 0. The normalized spacial score (nSPS) is 6.95. The summed E-state index contributed by atoms with van der Waals surface area (Å²) in [6.45, 7) is 0. The number of tetrazole rings is 2. The summed E-state index contributed by atoms with van der Waals surface area (Å²) >= 11 is 0. The Balaban J connectivity index is -0.0000000604. The van der Waals surface area contributed by atoms with E-state index in [1.165, 1.54) is 0 Å². The minimum Gasteiger partial charge on any atom is -0.412 e. The summed E-state index contributed by atoms with van der Waals surface area (Å²) < 4.78 is 0. The van der Waals surface area contributed by atoms with Gasteiger partial charge in [-0.1, -0.05) is 0 Å². The van der Waals surface area contributed by atoms with Crippen molar-refractivity contribution in [1.29, 1.82) is 0 Å². The number of nitrogens with zero attached hydrogens (tertiary/aromatic N) is 10. The Hall–Kier alpha value is -0.460. The molecule has 2 rings (SSSR count). The molecule has 15 nitrogen and oxygen atoms in total. The topological polar surface area (TPSA) is 288 Å². The molecule has 0 aliphatic carbocycles. The molecule has 0 radical (unpaired) electrons. The fourth-order valence-electron chi connectivity index (χ4n) is 0.449. The first kappa shape index (κ1) is 36.3. The largest absolute Gasteiger partial charge is 1.00 e. The Bertz CT molecular complexity index is 329. The first-order valence-electron chi connectivity index (χ1n) is 2.74. The molecule has 2 aromatic heterocycles. The Morgan fingerprint density at radius 1 is 0.632 bits per heavy atom. The van der Waals surface area contributed by atoms with Crippen LogP contribution in [-0.2, 0) is 0 Å². The molecule has 0 atom stereocenters. The van der Waals surface area contributed by atoms with Crippen LogP contribution in [0.5, 0.6) is 0 Å². The molecule has 0 saturated carbocycles. The summed E-state index contributed by atoms with van der Waals surface area (Å²) in [5, 5.41) is 33.3. The van der Waals surface area contributed by atoms with Gasteiger partial charge >= 0.3 is 59.1 Å². The molecule has 0 amide bonds. The number of hydrogen-bond acceptors (Lipinski definition) is 8. The maximum Gasteiger partial charge on any atom is 1.00 e. The average molecular weight is 300 g/mol. The van der Waals surface area contributed by atoms with Crippen molar-refractivity contribution in [3.63, 3.8) is 0 Å². The molecule has 0 bridgehead atoms. The molecule has 2 aromatic rings. The molecule has 0 aromatic carbocycles. The molecule has 10 N–H and O–H groups in total. The van der Waals surface area contributed by atoms with Crippen molar-refractivity contribution in [2.75, 3.05) is 0 Å². The van der Waals surface area contributed by atoms with Crippen LogP contribution in [0, 0.1) is 0 Å². The first-order chi connectivity index (χ1) is 5.95. The number of rotatable bonds is 2. The van der Waals surface area contributed by atoms with E-state index in [0.717, 1.165) is 0 Å². The minimum absolute atomic E-state index is 0. The van der Waals surface area contributed by atoms with Crippen LogP contribution in [-0.4, -0.2) is 58.4 Å². The molecule has 19 heavy (non-hydrogen) atoms. The zero-order chi connectivity index (χ0) is 8.23. The van der Waals surface area contributed by atoms with E-state index >= 15 is 0 Å². The Kier molecular flexibility index (Phi) is 37.9. The van der Waals surface area contributed by atoms with Crippen molar-refractivity contribution in [1.82, 2.24) is 41.2 Å². The van der Waals surface area contributed by atoms with E-state index in [1.54, 1.807) is 0 Å². The third-order valence-corrected chi connectivity index (χ3v) is 0.846. The summed E-state index contributed by atoms with van der Waals surface area (Å²) in [5.74, 6) is 0.0830. The molecule has 2 heterocycles. The second-order valence-corrected chi connectivity index (χ2v) is 1.56. The van der Waals surface area contributed by atoms with Crippen LogP contribution in [0.1, 0.15) is 0 Å². The monoisotopic (exact) mass is 300 g/mol. The molecule has 0 fully saturated rings. The van der Waals surface area contributed by atoms with Crippen LogP contribution >= 0.6 is 0 Å². The Labute approximate surface area is 149 Å². The second kappa shape index (κ2) is 19.9. The van der Waals surface area contributed by atoms with Crippen molar-refractivity contribution >= 4 is 11.9 Å². The molecule has 0 aliphatic rings. The van der Waals surface area contributed by atoms with Gasteiger partial charge in [0.05, 0.1) is 0 Å². The zero-order valence-electron chi connectivity index (χ0n) is 9.97. The van der Waals surface area contributed by atoms with Crippen molar-refractivity contribution in [2.45, 2.75) is 0 Å². The van der Waals surface area contributed by atoms with Crippen molar-refractivity contribution in [2.24, 2.45) is 10.2 Å². The van der Waals surface area contributed by atoms with Crippen LogP contribution < -0.4 is 69.3 Å². The fourth-order valence-corrected chi connectivity index (χ4v) is 0.449. The van der Waals surface area contributed by atoms with E-state index in [4.69, 9.17) is 0 Å². The standard InChI is InChI=1S/C2N10.2Na.5H2O/c3(1-5-9-10-6-1)4-2-7-11-12-8-2;;;;;;;/h;;;5*1H2/q-2;2*+1;;;;;/b4-3+;;;;;;;. The molecular weight excluding hydrogens is 290 g/mol. The minimum atomic E-state index is 0. The van der Waals surface area contributed by atoms with Gasteiger partial charge in [0.1, 0.15) is 11.9 Å². The van der Waals surface area contributed by atoms with Crippen LogP contribution in [0.2, 0.25) is 0 Å². The van der Waals surface area contributed by atoms with E-state index in [-0.39, 0.29) is 98.4 Å². The number of hydrogen-bond donors (Lipinski definition) is 0. The van der Waals surface area contributed by atoms with Gasteiger partial charge in [0.15, 0.2) is 0 Å². The SMILES string of the molecule is N(=N\c1nnn[n-]1)/c1nnn[n-]1.O.O.O.O.O.[Na+].[Na+]. The van der Waals surface area contributed by atoms with Gasteiger partial charge in [-0.25, -0.2) is 10.2 Å². The molecule has 0 saturated heterocycles. The predicted molar refractivity (Wildman–Crippen MR) is 48.5 cm³/mol. The number of azo groups is 1. The van der Waals surface area contributed by atoms with Crippen molar-refractivity contribution in [3.05, 3.63) is 0 Å². The predicted octanol–water partition coefficient (Wildman–Crippen LogP) is -11.7. The van der Waals surface area contributed by atoms with Gasteiger partial charge in [-0.15, -0.1) is 10.4 Å². The fraction of sp³-hybridized carbons (Fsp3) is 0. The van der Waals surface area contributed by atoms with Crippen molar-refractivity contribution in [3.8, 4) is 0 Å². The molecular formula is C2H10N10Na2O5. The Morgan fingerprint density at radius 3 is 1.16 bits per heavy atom. The van der Waals surface area contributed by atoms with Crippen molar-refractivity contribution < 1.29 is 86.5 Å². The molecule has 0 unspecified atom stereocenters. The quantitative estimate of drug-likeness (QED) is 0.377. The summed E-state index contributed by atoms with van der Waals surface area (Å²) in [4.78, 5) is 0. The zero-order valence-corrected chi connectivity index (χ0v) is 14.0. The van der Waals surface area contributed by atoms with Gasteiger partial charge in [-0.3, -0.25) is 20.4 Å². The third kappa shape index (κ3) is 12.3. The summed E-state index contributed by atoms with van der Waals surface area (Å²) in [7, 11) is 0. The van der Waals surface area contributed by atoms with E-state index in [0.29, 0.717) is 0 Å². The molecule has 0 spiro atoms.